The molecule has 0 spiro atoms. The molecule has 1 N–H and O–H groups in total. The molecule has 0 fully saturated rings. The molecule has 0 radical (unpaired) electrons. The second-order valence-corrected chi connectivity index (χ2v) is 3.95. The lowest BCUT2D eigenvalue weighted by Crippen LogP contribution is -2.02. The summed E-state index contributed by atoms with van der Waals surface area (Å²) < 4.78 is 5.54. The van der Waals surface area contributed by atoms with Crippen molar-refractivity contribution in [3.63, 3.8) is 0 Å². The molecule has 86 valence electrons. The van der Waals surface area contributed by atoms with Gasteiger partial charge >= 0.3 is 0 Å². The van der Waals surface area contributed by atoms with Crippen LogP contribution < -0.4 is 4.74 Å². The second-order valence-electron chi connectivity index (χ2n) is 3.51. The Hall–Kier alpha value is -1.17. The van der Waals surface area contributed by atoms with Gasteiger partial charge in [-0.25, -0.2) is 0 Å². The Bertz CT molecular complexity index is 380. The van der Waals surface area contributed by atoms with Gasteiger partial charge < -0.3 is 9.84 Å². The average molecular weight is 239 g/mol. The van der Waals surface area contributed by atoms with Crippen LogP contribution in [0.2, 0.25) is 5.02 Å². The number of hydrogen-bond donors (Lipinski definition) is 1. The summed E-state index contributed by atoms with van der Waals surface area (Å²) in [6.07, 6.45) is 6.04. The van der Waals surface area contributed by atoms with Gasteiger partial charge in [-0.1, -0.05) is 11.6 Å². The van der Waals surface area contributed by atoms with Gasteiger partial charge in [0.2, 0.25) is 0 Å². The minimum atomic E-state index is -0.596. The molecule has 1 atom stereocenters. The van der Waals surface area contributed by atoms with Gasteiger partial charge in [0.05, 0.1) is 12.7 Å². The molecule has 1 aromatic carbocycles. The maximum Gasteiger partial charge on any atom is 0.125 e. The Kier molecular flexibility index (Phi) is 5.18. The molecule has 0 amide bonds. The van der Waals surface area contributed by atoms with Crippen LogP contribution in [0.1, 0.15) is 31.4 Å². The molecule has 0 aromatic heterocycles. The van der Waals surface area contributed by atoms with Crippen LogP contribution in [-0.4, -0.2) is 11.7 Å². The predicted molar refractivity (Wildman–Crippen MR) is 65.6 cm³/mol. The van der Waals surface area contributed by atoms with Crippen molar-refractivity contribution in [2.24, 2.45) is 0 Å². The van der Waals surface area contributed by atoms with Crippen LogP contribution in [0.5, 0.6) is 5.75 Å². The number of hydrogen-bond acceptors (Lipinski definition) is 2. The summed E-state index contributed by atoms with van der Waals surface area (Å²) in [4.78, 5) is 0. The zero-order valence-electron chi connectivity index (χ0n) is 9.24. The summed E-state index contributed by atoms with van der Waals surface area (Å²) in [5.74, 6) is 3.21. The Morgan fingerprint density at radius 3 is 2.94 bits per heavy atom. The quantitative estimate of drug-likeness (QED) is 0.631. The molecule has 0 heterocycles. The highest BCUT2D eigenvalue weighted by Gasteiger charge is 2.09. The van der Waals surface area contributed by atoms with Crippen molar-refractivity contribution in [1.82, 2.24) is 0 Å². The molecule has 16 heavy (non-hydrogen) atoms. The molecule has 3 heteroatoms. The van der Waals surface area contributed by atoms with Crippen LogP contribution in [0.4, 0.5) is 0 Å². The summed E-state index contributed by atoms with van der Waals surface area (Å²) in [5, 5.41) is 10.2. The lowest BCUT2D eigenvalue weighted by atomic mass is 10.1. The van der Waals surface area contributed by atoms with Gasteiger partial charge in [-0.3, -0.25) is 0 Å². The van der Waals surface area contributed by atoms with E-state index in [4.69, 9.17) is 22.8 Å². The van der Waals surface area contributed by atoms with Gasteiger partial charge in [-0.05, 0) is 31.5 Å². The summed E-state index contributed by atoms with van der Waals surface area (Å²) in [6.45, 7) is 2.23. The Morgan fingerprint density at radius 1 is 1.56 bits per heavy atom. The highest BCUT2D eigenvalue weighted by atomic mass is 35.5. The van der Waals surface area contributed by atoms with E-state index in [1.165, 1.54) is 0 Å². The molecule has 0 aliphatic heterocycles. The third-order valence-electron chi connectivity index (χ3n) is 2.14. The van der Waals surface area contributed by atoms with Crippen LogP contribution >= 0.6 is 11.6 Å². The molecule has 0 bridgehead atoms. The number of benzene rings is 1. The molecule has 0 aliphatic carbocycles. The minimum absolute atomic E-state index is 0.547. The summed E-state index contributed by atoms with van der Waals surface area (Å²) in [5.41, 5.74) is 0.702. The SMILES string of the molecule is C#CCCCOc1ccc(Cl)cc1[C@H](C)O. The standard InChI is InChI=1S/C13H15ClO2/c1-3-4-5-8-16-13-7-6-11(14)9-12(13)10(2)15/h1,6-7,9-10,15H,4-5,8H2,2H3/t10-/m0/s1. The summed E-state index contributed by atoms with van der Waals surface area (Å²) in [6, 6.07) is 5.22. The molecular weight excluding hydrogens is 224 g/mol. The van der Waals surface area contributed by atoms with E-state index in [1.54, 1.807) is 25.1 Å². The Labute approximate surface area is 101 Å². The van der Waals surface area contributed by atoms with Crippen molar-refractivity contribution in [2.75, 3.05) is 6.61 Å². The molecule has 0 saturated carbocycles. The van der Waals surface area contributed by atoms with Gasteiger partial charge in [-0.2, -0.15) is 0 Å². The maximum atomic E-state index is 9.56. The summed E-state index contributed by atoms with van der Waals surface area (Å²) >= 11 is 5.85. The van der Waals surface area contributed by atoms with E-state index in [2.05, 4.69) is 5.92 Å². The van der Waals surface area contributed by atoms with Crippen LogP contribution in [0.25, 0.3) is 0 Å². The van der Waals surface area contributed by atoms with Crippen LogP contribution in [0, 0.1) is 12.3 Å². The first kappa shape index (κ1) is 12.9. The first-order valence-electron chi connectivity index (χ1n) is 5.19. The van der Waals surface area contributed by atoms with Crippen LogP contribution in [0.3, 0.4) is 0 Å². The summed E-state index contributed by atoms with van der Waals surface area (Å²) in [7, 11) is 0. The number of rotatable bonds is 5. The molecule has 0 aliphatic rings. The highest BCUT2D eigenvalue weighted by molar-refractivity contribution is 6.30. The van der Waals surface area contributed by atoms with Crippen molar-refractivity contribution >= 4 is 11.6 Å². The fraction of sp³-hybridized carbons (Fsp3) is 0.385. The number of ether oxygens (including phenoxy) is 1. The second kappa shape index (κ2) is 6.42. The van der Waals surface area contributed by atoms with Gasteiger partial charge in [0.15, 0.2) is 0 Å². The van der Waals surface area contributed by atoms with Crippen molar-refractivity contribution in [3.8, 4) is 18.1 Å². The molecular formula is C13H15ClO2. The predicted octanol–water partition coefficient (Wildman–Crippen LogP) is 3.19. The average Bonchev–Trinajstić information content (AvgIpc) is 2.26. The van der Waals surface area contributed by atoms with Gasteiger partial charge in [0, 0.05) is 17.0 Å². The van der Waals surface area contributed by atoms with Crippen molar-refractivity contribution < 1.29 is 9.84 Å². The van der Waals surface area contributed by atoms with Crippen molar-refractivity contribution in [2.45, 2.75) is 25.9 Å². The van der Waals surface area contributed by atoms with E-state index in [-0.39, 0.29) is 0 Å². The number of aliphatic hydroxyl groups is 1. The van der Waals surface area contributed by atoms with Crippen LogP contribution in [0.15, 0.2) is 18.2 Å². The fourth-order valence-corrected chi connectivity index (χ4v) is 1.51. The third-order valence-corrected chi connectivity index (χ3v) is 2.38. The topological polar surface area (TPSA) is 29.5 Å². The number of aliphatic hydroxyl groups excluding tert-OH is 1. The van der Waals surface area contributed by atoms with Crippen LogP contribution in [-0.2, 0) is 0 Å². The third kappa shape index (κ3) is 3.77. The lowest BCUT2D eigenvalue weighted by molar-refractivity contribution is 0.191. The lowest BCUT2D eigenvalue weighted by Gasteiger charge is -2.13. The fourth-order valence-electron chi connectivity index (χ4n) is 1.33. The highest BCUT2D eigenvalue weighted by Crippen LogP contribution is 2.28. The smallest absolute Gasteiger partial charge is 0.125 e. The number of halogens is 1. The minimum Gasteiger partial charge on any atom is -0.493 e. The van der Waals surface area contributed by atoms with Crippen molar-refractivity contribution in [3.05, 3.63) is 28.8 Å². The number of unbranched alkanes of at least 4 members (excludes halogenated alkanes) is 1. The zero-order valence-corrected chi connectivity index (χ0v) is 10.00. The van der Waals surface area contributed by atoms with E-state index in [9.17, 15) is 5.11 Å². The number of terminal acetylenes is 1. The molecule has 0 saturated heterocycles. The van der Waals surface area contributed by atoms with E-state index >= 15 is 0 Å². The monoisotopic (exact) mass is 238 g/mol. The van der Waals surface area contributed by atoms with Crippen molar-refractivity contribution in [1.29, 1.82) is 0 Å². The molecule has 1 rings (SSSR count). The van der Waals surface area contributed by atoms with E-state index < -0.39 is 6.10 Å². The first-order chi connectivity index (χ1) is 7.65. The van der Waals surface area contributed by atoms with Gasteiger partial charge in [0.1, 0.15) is 5.75 Å². The van der Waals surface area contributed by atoms with E-state index in [1.807, 2.05) is 0 Å². The largest absolute Gasteiger partial charge is 0.493 e. The van der Waals surface area contributed by atoms with E-state index in [0.717, 1.165) is 6.42 Å². The maximum absolute atomic E-state index is 9.56. The molecule has 0 unspecified atom stereocenters. The Morgan fingerprint density at radius 2 is 2.31 bits per heavy atom. The molecule has 1 aromatic rings. The molecule has 2 nitrogen and oxygen atoms in total. The van der Waals surface area contributed by atoms with Gasteiger partial charge in [-0.15, -0.1) is 12.3 Å². The normalized spacial score (nSPS) is 11.9. The van der Waals surface area contributed by atoms with E-state index in [0.29, 0.717) is 29.4 Å². The van der Waals surface area contributed by atoms with Gasteiger partial charge in [0.25, 0.3) is 0 Å². The first-order valence-corrected chi connectivity index (χ1v) is 5.56. The Balaban J connectivity index is 2.68. The zero-order chi connectivity index (χ0) is 12.0.